The van der Waals surface area contributed by atoms with Crippen molar-refractivity contribution in [1.29, 1.82) is 0 Å². The number of hydrogen-bond acceptors (Lipinski definition) is 3. The van der Waals surface area contributed by atoms with Crippen LogP contribution in [0, 0.1) is 5.92 Å². The van der Waals surface area contributed by atoms with Crippen molar-refractivity contribution >= 4 is 21.8 Å². The molecule has 4 nitrogen and oxygen atoms in total. The van der Waals surface area contributed by atoms with E-state index in [9.17, 15) is 4.79 Å². The van der Waals surface area contributed by atoms with E-state index in [1.165, 1.54) is 12.8 Å². The first kappa shape index (κ1) is 16.1. The van der Waals surface area contributed by atoms with Gasteiger partial charge in [-0.15, -0.1) is 0 Å². The van der Waals surface area contributed by atoms with Gasteiger partial charge in [0.1, 0.15) is 0 Å². The Morgan fingerprint density at radius 1 is 1.24 bits per heavy atom. The van der Waals surface area contributed by atoms with Gasteiger partial charge in [0.2, 0.25) is 5.91 Å². The van der Waals surface area contributed by atoms with Gasteiger partial charge in [-0.25, -0.2) is 0 Å². The highest BCUT2D eigenvalue weighted by molar-refractivity contribution is 9.10. The minimum absolute atomic E-state index is 0.0502. The average Bonchev–Trinajstić information content (AvgIpc) is 3.26. The molecule has 116 valence electrons. The second kappa shape index (κ2) is 7.69. The summed E-state index contributed by atoms with van der Waals surface area (Å²) in [7, 11) is 0. The van der Waals surface area contributed by atoms with E-state index < -0.39 is 0 Å². The number of halogens is 1. The number of hydrogen-bond donors (Lipinski definition) is 1. The average molecular weight is 356 g/mol. The SMILES string of the molecule is CCOc1cc(Br)c(CC(=O)NCC2CC2)cc1OCC. The number of nitrogens with one attached hydrogen (secondary N) is 1. The van der Waals surface area contributed by atoms with Crippen molar-refractivity contribution in [2.75, 3.05) is 19.8 Å². The first-order chi connectivity index (χ1) is 10.1. The fraction of sp³-hybridized carbons (Fsp3) is 0.562. The highest BCUT2D eigenvalue weighted by Gasteiger charge is 2.22. The van der Waals surface area contributed by atoms with E-state index in [1.54, 1.807) is 0 Å². The summed E-state index contributed by atoms with van der Waals surface area (Å²) in [5.74, 6) is 2.13. The molecule has 1 aromatic rings. The molecule has 21 heavy (non-hydrogen) atoms. The standard InChI is InChI=1S/C16H22BrNO3/c1-3-20-14-7-12(13(17)9-15(14)21-4-2)8-16(19)18-10-11-5-6-11/h7,9,11H,3-6,8,10H2,1-2H3,(H,18,19). The predicted octanol–water partition coefficient (Wildman–Crippen LogP) is 3.32. The normalized spacial score (nSPS) is 13.9. The topological polar surface area (TPSA) is 47.6 Å². The van der Waals surface area contributed by atoms with Gasteiger partial charge in [-0.05, 0) is 50.3 Å². The summed E-state index contributed by atoms with van der Waals surface area (Å²) in [5.41, 5.74) is 0.912. The van der Waals surface area contributed by atoms with Gasteiger partial charge in [-0.2, -0.15) is 0 Å². The van der Waals surface area contributed by atoms with Gasteiger partial charge in [-0.1, -0.05) is 15.9 Å². The van der Waals surface area contributed by atoms with Crippen LogP contribution >= 0.6 is 15.9 Å². The van der Waals surface area contributed by atoms with E-state index in [1.807, 2.05) is 26.0 Å². The van der Waals surface area contributed by atoms with Crippen molar-refractivity contribution in [1.82, 2.24) is 5.32 Å². The molecule has 1 fully saturated rings. The van der Waals surface area contributed by atoms with Gasteiger partial charge in [-0.3, -0.25) is 4.79 Å². The highest BCUT2D eigenvalue weighted by Crippen LogP contribution is 2.34. The molecule has 0 heterocycles. The quantitative estimate of drug-likeness (QED) is 0.777. The van der Waals surface area contributed by atoms with Crippen LogP contribution < -0.4 is 14.8 Å². The second-order valence-electron chi connectivity index (χ2n) is 5.18. The zero-order chi connectivity index (χ0) is 15.2. The summed E-state index contributed by atoms with van der Waals surface area (Å²) in [5, 5.41) is 2.98. The Hall–Kier alpha value is -1.23. The third-order valence-electron chi connectivity index (χ3n) is 3.35. The lowest BCUT2D eigenvalue weighted by Crippen LogP contribution is -2.27. The Balaban J connectivity index is 2.06. The summed E-state index contributed by atoms with van der Waals surface area (Å²) >= 11 is 3.51. The van der Waals surface area contributed by atoms with E-state index in [0.717, 1.165) is 16.6 Å². The summed E-state index contributed by atoms with van der Waals surface area (Å²) in [4.78, 5) is 12.0. The molecular weight excluding hydrogens is 334 g/mol. The lowest BCUT2D eigenvalue weighted by atomic mass is 10.1. The summed E-state index contributed by atoms with van der Waals surface area (Å²) in [6.45, 7) is 5.80. The zero-order valence-electron chi connectivity index (χ0n) is 12.6. The number of carbonyl (C=O) groups excluding carboxylic acids is 1. The molecule has 1 aliphatic rings. The Labute approximate surface area is 134 Å². The number of amides is 1. The largest absolute Gasteiger partial charge is 0.490 e. The third-order valence-corrected chi connectivity index (χ3v) is 4.09. The number of carbonyl (C=O) groups is 1. The monoisotopic (exact) mass is 355 g/mol. The van der Waals surface area contributed by atoms with Crippen molar-refractivity contribution in [2.24, 2.45) is 5.92 Å². The first-order valence-electron chi connectivity index (χ1n) is 7.48. The third kappa shape index (κ3) is 4.92. The molecule has 1 saturated carbocycles. The summed E-state index contributed by atoms with van der Waals surface area (Å²) in [6, 6.07) is 3.76. The van der Waals surface area contributed by atoms with Crippen molar-refractivity contribution < 1.29 is 14.3 Å². The van der Waals surface area contributed by atoms with Crippen LogP contribution in [0.4, 0.5) is 0 Å². The fourth-order valence-electron chi connectivity index (χ4n) is 2.06. The Morgan fingerprint density at radius 3 is 2.43 bits per heavy atom. The number of benzene rings is 1. The molecule has 0 bridgehead atoms. The molecule has 0 unspecified atom stereocenters. The maximum Gasteiger partial charge on any atom is 0.224 e. The van der Waals surface area contributed by atoms with Crippen LogP contribution in [0.15, 0.2) is 16.6 Å². The predicted molar refractivity (Wildman–Crippen MR) is 85.9 cm³/mol. The molecule has 0 atom stereocenters. The number of ether oxygens (including phenoxy) is 2. The van der Waals surface area contributed by atoms with Crippen molar-refractivity contribution in [2.45, 2.75) is 33.1 Å². The van der Waals surface area contributed by atoms with Crippen molar-refractivity contribution in [3.8, 4) is 11.5 Å². The lowest BCUT2D eigenvalue weighted by Gasteiger charge is -2.14. The minimum atomic E-state index is 0.0502. The van der Waals surface area contributed by atoms with Gasteiger partial charge in [0, 0.05) is 11.0 Å². The lowest BCUT2D eigenvalue weighted by molar-refractivity contribution is -0.120. The molecular formula is C16H22BrNO3. The molecule has 1 aromatic carbocycles. The fourth-order valence-corrected chi connectivity index (χ4v) is 2.53. The van der Waals surface area contributed by atoms with Gasteiger partial charge in [0.15, 0.2) is 11.5 Å². The molecule has 1 N–H and O–H groups in total. The van der Waals surface area contributed by atoms with Crippen molar-refractivity contribution in [3.63, 3.8) is 0 Å². The Kier molecular flexibility index (Phi) is 5.91. The van der Waals surface area contributed by atoms with E-state index >= 15 is 0 Å². The molecule has 0 saturated heterocycles. The van der Waals surface area contributed by atoms with E-state index in [0.29, 0.717) is 37.1 Å². The molecule has 2 rings (SSSR count). The maximum atomic E-state index is 12.0. The zero-order valence-corrected chi connectivity index (χ0v) is 14.2. The molecule has 0 aromatic heterocycles. The highest BCUT2D eigenvalue weighted by atomic mass is 79.9. The maximum absolute atomic E-state index is 12.0. The van der Waals surface area contributed by atoms with E-state index in [2.05, 4.69) is 21.2 Å². The molecule has 1 amide bonds. The molecule has 0 radical (unpaired) electrons. The van der Waals surface area contributed by atoms with Gasteiger partial charge >= 0.3 is 0 Å². The minimum Gasteiger partial charge on any atom is -0.490 e. The van der Waals surface area contributed by atoms with Crippen LogP contribution in [0.1, 0.15) is 32.3 Å². The molecule has 0 spiro atoms. The van der Waals surface area contributed by atoms with Gasteiger partial charge in [0.25, 0.3) is 0 Å². The van der Waals surface area contributed by atoms with Crippen LogP contribution in [0.2, 0.25) is 0 Å². The van der Waals surface area contributed by atoms with Crippen molar-refractivity contribution in [3.05, 3.63) is 22.2 Å². The van der Waals surface area contributed by atoms with Crippen LogP contribution in [0.3, 0.4) is 0 Å². The summed E-state index contributed by atoms with van der Waals surface area (Å²) in [6.07, 6.45) is 2.82. The van der Waals surface area contributed by atoms with Crippen LogP contribution in [0.25, 0.3) is 0 Å². The molecule has 1 aliphatic carbocycles. The summed E-state index contributed by atoms with van der Waals surface area (Å²) < 4.78 is 12.0. The van der Waals surface area contributed by atoms with Crippen LogP contribution in [0.5, 0.6) is 11.5 Å². The first-order valence-corrected chi connectivity index (χ1v) is 8.28. The van der Waals surface area contributed by atoms with Gasteiger partial charge in [0.05, 0.1) is 19.6 Å². The van der Waals surface area contributed by atoms with Crippen LogP contribution in [-0.2, 0) is 11.2 Å². The molecule has 5 heteroatoms. The van der Waals surface area contributed by atoms with E-state index in [-0.39, 0.29) is 5.91 Å². The van der Waals surface area contributed by atoms with Gasteiger partial charge < -0.3 is 14.8 Å². The Morgan fingerprint density at radius 2 is 1.86 bits per heavy atom. The van der Waals surface area contributed by atoms with Crippen LogP contribution in [-0.4, -0.2) is 25.7 Å². The molecule has 0 aliphatic heterocycles. The Bertz CT molecular complexity index is 501. The second-order valence-corrected chi connectivity index (χ2v) is 6.03. The smallest absolute Gasteiger partial charge is 0.224 e. The number of rotatable bonds is 8. The van der Waals surface area contributed by atoms with E-state index in [4.69, 9.17) is 9.47 Å².